The number of fused-ring (bicyclic) bond motifs is 2. The molecule has 310 valence electrons. The molecule has 0 radical (unpaired) electrons. The second kappa shape index (κ2) is 27.0. The Morgan fingerprint density at radius 1 is 0.642 bits per heavy atom. The first kappa shape index (κ1) is 47.5. The molecule has 4 atom stereocenters. The molecule has 0 aromatic carbocycles. The summed E-state index contributed by atoms with van der Waals surface area (Å²) in [6, 6.07) is 0. The fourth-order valence-electron chi connectivity index (χ4n) is 9.13. The van der Waals surface area contributed by atoms with Crippen molar-refractivity contribution in [1.82, 2.24) is 4.90 Å². The first-order chi connectivity index (χ1) is 25.4. The highest BCUT2D eigenvalue weighted by Gasteiger charge is 2.62. The van der Waals surface area contributed by atoms with E-state index in [9.17, 15) is 14.4 Å². The average Bonchev–Trinajstić information content (AvgIpc) is 3.44. The van der Waals surface area contributed by atoms with Crippen molar-refractivity contribution in [3.8, 4) is 0 Å². The lowest BCUT2D eigenvalue weighted by Gasteiger charge is -2.38. The van der Waals surface area contributed by atoms with E-state index >= 15 is 0 Å². The number of hydrogen-bond acceptors (Lipinski definition) is 7. The maximum atomic E-state index is 12.7. The number of nitrogens with zero attached hydrogens (tertiary/aromatic N) is 1. The molecule has 7 nitrogen and oxygen atoms in total. The molecular formula is C46H85NO6. The van der Waals surface area contributed by atoms with Crippen LogP contribution >= 0.6 is 0 Å². The number of carbonyl (C=O) groups is 3. The molecule has 2 saturated carbocycles. The summed E-state index contributed by atoms with van der Waals surface area (Å²) >= 11 is 0. The Labute approximate surface area is 327 Å². The van der Waals surface area contributed by atoms with Gasteiger partial charge in [0.2, 0.25) is 0 Å². The lowest BCUT2D eigenvalue weighted by atomic mass is 9.70. The van der Waals surface area contributed by atoms with E-state index in [1.165, 1.54) is 64.2 Å². The highest BCUT2D eigenvalue weighted by Crippen LogP contribution is 2.66. The van der Waals surface area contributed by atoms with E-state index in [1.54, 1.807) is 0 Å². The van der Waals surface area contributed by atoms with Crippen molar-refractivity contribution >= 4 is 17.9 Å². The van der Waals surface area contributed by atoms with Crippen LogP contribution in [-0.2, 0) is 28.6 Å². The van der Waals surface area contributed by atoms with Gasteiger partial charge in [-0.1, -0.05) is 125 Å². The third kappa shape index (κ3) is 18.7. The quantitative estimate of drug-likeness (QED) is 0.0375. The minimum absolute atomic E-state index is 0.0181. The van der Waals surface area contributed by atoms with Crippen LogP contribution in [0.25, 0.3) is 0 Å². The van der Waals surface area contributed by atoms with Gasteiger partial charge in [-0.25, -0.2) is 0 Å². The molecule has 0 saturated heterocycles. The summed E-state index contributed by atoms with van der Waals surface area (Å²) < 4.78 is 17.7. The molecular weight excluding hydrogens is 663 g/mol. The van der Waals surface area contributed by atoms with Gasteiger partial charge in [0, 0.05) is 24.7 Å². The van der Waals surface area contributed by atoms with Gasteiger partial charge in [-0.2, -0.15) is 0 Å². The number of hydrogen-bond donors (Lipinski definition) is 0. The predicted octanol–water partition coefficient (Wildman–Crippen LogP) is 12.2. The van der Waals surface area contributed by atoms with Crippen molar-refractivity contribution in [2.45, 2.75) is 227 Å². The van der Waals surface area contributed by atoms with E-state index in [-0.39, 0.29) is 40.9 Å². The molecule has 2 rings (SSSR count). The zero-order valence-electron chi connectivity index (χ0n) is 35.9. The summed E-state index contributed by atoms with van der Waals surface area (Å²) in [5.41, 5.74) is 0.387. The standard InChI is InChI=1S/C46H85NO6/c1-8-10-18-25-38(26-19-11-9-2)33-36-51-42(48)29-22-16-12-14-20-27-40(52-43(49)31-24-35-47(6)7)28-21-15-13-17-23-30-44(50)53-41-37-39-32-34-46(41,5)45(39,3)4/h38-41H,8-37H2,1-7H3. The van der Waals surface area contributed by atoms with Crippen LogP contribution in [0.15, 0.2) is 0 Å². The molecule has 0 aromatic heterocycles. The molecule has 0 N–H and O–H groups in total. The molecule has 7 heteroatoms. The highest BCUT2D eigenvalue weighted by molar-refractivity contribution is 5.70. The van der Waals surface area contributed by atoms with Crippen molar-refractivity contribution < 1.29 is 28.6 Å². The summed E-state index contributed by atoms with van der Waals surface area (Å²) in [5.74, 6) is 1.24. The molecule has 4 unspecified atom stereocenters. The molecule has 2 bridgehead atoms. The number of rotatable bonds is 33. The van der Waals surface area contributed by atoms with Crippen LogP contribution in [-0.4, -0.2) is 62.3 Å². The minimum atomic E-state index is -0.0742. The molecule has 0 spiro atoms. The Morgan fingerprint density at radius 2 is 1.17 bits per heavy atom. The van der Waals surface area contributed by atoms with Gasteiger partial charge in [0.05, 0.1) is 6.61 Å². The maximum Gasteiger partial charge on any atom is 0.306 e. The van der Waals surface area contributed by atoms with Crippen LogP contribution in [0.3, 0.4) is 0 Å². The molecule has 2 aliphatic rings. The van der Waals surface area contributed by atoms with E-state index < -0.39 is 0 Å². The van der Waals surface area contributed by atoms with E-state index in [2.05, 4.69) is 39.5 Å². The summed E-state index contributed by atoms with van der Waals surface area (Å²) in [5, 5.41) is 0. The Kier molecular flexibility index (Phi) is 24.3. The van der Waals surface area contributed by atoms with Crippen molar-refractivity contribution in [2.24, 2.45) is 22.7 Å². The first-order valence-electron chi connectivity index (χ1n) is 22.6. The van der Waals surface area contributed by atoms with Crippen molar-refractivity contribution in [1.29, 1.82) is 0 Å². The first-order valence-corrected chi connectivity index (χ1v) is 22.6. The molecule has 2 aliphatic carbocycles. The van der Waals surface area contributed by atoms with Gasteiger partial charge in [0.15, 0.2) is 0 Å². The molecule has 0 heterocycles. The van der Waals surface area contributed by atoms with Crippen LogP contribution in [0.2, 0.25) is 0 Å². The Balaban J connectivity index is 1.59. The van der Waals surface area contributed by atoms with Crippen LogP contribution < -0.4 is 0 Å². The maximum absolute atomic E-state index is 12.7. The lowest BCUT2D eigenvalue weighted by molar-refractivity contribution is -0.157. The van der Waals surface area contributed by atoms with Crippen molar-refractivity contribution in [3.63, 3.8) is 0 Å². The predicted molar refractivity (Wildman–Crippen MR) is 219 cm³/mol. The zero-order chi connectivity index (χ0) is 39.0. The van der Waals surface area contributed by atoms with E-state index in [4.69, 9.17) is 14.2 Å². The van der Waals surface area contributed by atoms with Crippen molar-refractivity contribution in [2.75, 3.05) is 27.2 Å². The minimum Gasteiger partial charge on any atom is -0.466 e. The summed E-state index contributed by atoms with van der Waals surface area (Å²) in [7, 11) is 4.06. The van der Waals surface area contributed by atoms with Crippen molar-refractivity contribution in [3.05, 3.63) is 0 Å². The number of unbranched alkanes of at least 4 members (excludes halogenated alkanes) is 12. The molecule has 2 fully saturated rings. The molecule has 53 heavy (non-hydrogen) atoms. The van der Waals surface area contributed by atoms with Crippen LogP contribution in [0.4, 0.5) is 0 Å². The molecule has 0 amide bonds. The van der Waals surface area contributed by atoms with Gasteiger partial charge >= 0.3 is 17.9 Å². The fourth-order valence-corrected chi connectivity index (χ4v) is 9.13. The monoisotopic (exact) mass is 748 g/mol. The van der Waals surface area contributed by atoms with Gasteiger partial charge in [-0.15, -0.1) is 0 Å². The van der Waals surface area contributed by atoms with Gasteiger partial charge in [-0.05, 0) is 109 Å². The average molecular weight is 748 g/mol. The highest BCUT2D eigenvalue weighted by atomic mass is 16.5. The van der Waals surface area contributed by atoms with E-state index in [0.29, 0.717) is 37.7 Å². The summed E-state index contributed by atoms with van der Waals surface area (Å²) in [6.07, 6.45) is 29.2. The third-order valence-corrected chi connectivity index (χ3v) is 13.3. The SMILES string of the molecule is CCCCCC(CCCCC)CCOC(=O)CCCCCCCC(CCCCCCCC(=O)OC1CC2CCC1(C)C2(C)C)OC(=O)CCCN(C)C. The Morgan fingerprint density at radius 3 is 1.70 bits per heavy atom. The second-order valence-corrected chi connectivity index (χ2v) is 18.1. The van der Waals surface area contributed by atoms with Gasteiger partial charge in [0.25, 0.3) is 0 Å². The third-order valence-electron chi connectivity index (χ3n) is 13.3. The topological polar surface area (TPSA) is 82.1 Å². The number of carbonyl (C=O) groups excluding carboxylic acids is 3. The van der Waals surface area contributed by atoms with Crippen LogP contribution in [0.5, 0.6) is 0 Å². The molecule has 0 aliphatic heterocycles. The number of esters is 3. The summed E-state index contributed by atoms with van der Waals surface area (Å²) in [4.78, 5) is 39.8. The van der Waals surface area contributed by atoms with Gasteiger partial charge < -0.3 is 19.1 Å². The van der Waals surface area contributed by atoms with Crippen LogP contribution in [0, 0.1) is 22.7 Å². The van der Waals surface area contributed by atoms with Gasteiger partial charge in [0.1, 0.15) is 12.2 Å². The Hall–Kier alpha value is -1.63. The zero-order valence-corrected chi connectivity index (χ0v) is 35.9. The Bertz CT molecular complexity index is 987. The van der Waals surface area contributed by atoms with E-state index in [0.717, 1.165) is 103 Å². The smallest absolute Gasteiger partial charge is 0.306 e. The second-order valence-electron chi connectivity index (χ2n) is 18.1. The normalized spacial score (nSPS) is 21.0. The molecule has 0 aromatic rings. The van der Waals surface area contributed by atoms with E-state index in [1.807, 2.05) is 14.1 Å². The number of ether oxygens (including phenoxy) is 3. The van der Waals surface area contributed by atoms with Gasteiger partial charge in [-0.3, -0.25) is 14.4 Å². The fraction of sp³-hybridized carbons (Fsp3) is 0.935. The van der Waals surface area contributed by atoms with Crippen LogP contribution in [0.1, 0.15) is 214 Å². The largest absolute Gasteiger partial charge is 0.466 e. The lowest BCUT2D eigenvalue weighted by Crippen LogP contribution is -2.38. The summed E-state index contributed by atoms with van der Waals surface area (Å²) in [6.45, 7) is 13.0.